The summed E-state index contributed by atoms with van der Waals surface area (Å²) in [4.78, 5) is 11.4. The van der Waals surface area contributed by atoms with Crippen molar-refractivity contribution in [2.45, 2.75) is 26.2 Å². The van der Waals surface area contributed by atoms with Crippen molar-refractivity contribution in [3.05, 3.63) is 11.9 Å². The minimum Gasteiger partial charge on any atom is -0.259 e. The van der Waals surface area contributed by atoms with Gasteiger partial charge >= 0.3 is 5.24 Å². The van der Waals surface area contributed by atoms with Crippen LogP contribution in [0.1, 0.15) is 26.5 Å². The summed E-state index contributed by atoms with van der Waals surface area (Å²) < 4.78 is 1.35. The first kappa shape index (κ1) is 10.2. The lowest BCUT2D eigenvalue weighted by Crippen LogP contribution is -2.21. The van der Waals surface area contributed by atoms with E-state index in [9.17, 15) is 4.79 Å². The van der Waals surface area contributed by atoms with Gasteiger partial charge in [-0.25, -0.2) is 0 Å². The quantitative estimate of drug-likeness (QED) is 0.640. The summed E-state index contributed by atoms with van der Waals surface area (Å²) in [6.07, 6.45) is 3.37. The van der Waals surface area contributed by atoms with Crippen molar-refractivity contribution >= 4 is 17.0 Å². The van der Waals surface area contributed by atoms with Crippen molar-refractivity contribution in [1.29, 1.82) is 0 Å². The van der Waals surface area contributed by atoms with Gasteiger partial charge in [-0.15, -0.1) is 5.10 Å². The van der Waals surface area contributed by atoms with Crippen LogP contribution in [0.5, 0.6) is 0 Å². The third kappa shape index (κ3) is 2.09. The van der Waals surface area contributed by atoms with E-state index >= 15 is 0 Å². The van der Waals surface area contributed by atoms with Gasteiger partial charge in [0.2, 0.25) is 0 Å². The molecular formula is C8H13N3OS. The van der Waals surface area contributed by atoms with E-state index in [1.165, 1.54) is 4.68 Å². The number of nitrogens with zero attached hydrogens (tertiary/aromatic N) is 3. The fraction of sp³-hybridized carbons (Fsp3) is 0.625. The van der Waals surface area contributed by atoms with Gasteiger partial charge in [-0.1, -0.05) is 37.7 Å². The Bertz CT molecular complexity index is 313. The zero-order valence-corrected chi connectivity index (χ0v) is 9.05. The highest BCUT2D eigenvalue weighted by atomic mass is 32.2. The summed E-state index contributed by atoms with van der Waals surface area (Å²) in [5.41, 5.74) is 0.737. The molecule has 0 spiro atoms. The molecule has 1 aromatic heterocycles. The normalized spacial score (nSPS) is 11.7. The minimum absolute atomic E-state index is 0.0950. The number of hydrogen-bond acceptors (Lipinski definition) is 4. The van der Waals surface area contributed by atoms with E-state index in [2.05, 4.69) is 10.3 Å². The van der Waals surface area contributed by atoms with Crippen molar-refractivity contribution in [2.75, 3.05) is 6.26 Å². The first-order chi connectivity index (χ1) is 5.96. The molecule has 0 aliphatic rings. The van der Waals surface area contributed by atoms with Crippen molar-refractivity contribution in [3.8, 4) is 0 Å². The third-order valence-electron chi connectivity index (χ3n) is 1.67. The predicted octanol–water partition coefficient (Wildman–Crippen LogP) is 1.91. The van der Waals surface area contributed by atoms with Gasteiger partial charge in [0.25, 0.3) is 0 Å². The van der Waals surface area contributed by atoms with Crippen LogP contribution >= 0.6 is 11.8 Å². The lowest BCUT2D eigenvalue weighted by atomic mass is 9.93. The molecule has 0 unspecified atom stereocenters. The van der Waals surface area contributed by atoms with Gasteiger partial charge in [0.05, 0.1) is 11.9 Å². The SMILES string of the molecule is CSC(=O)n1nncc1C(C)(C)C. The summed E-state index contributed by atoms with van der Waals surface area (Å²) in [5.74, 6) is 0. The van der Waals surface area contributed by atoms with Crippen LogP contribution in [0.25, 0.3) is 0 Å². The monoisotopic (exact) mass is 199 g/mol. The molecule has 1 aromatic rings. The highest BCUT2D eigenvalue weighted by molar-refractivity contribution is 8.13. The maximum Gasteiger partial charge on any atom is 0.307 e. The van der Waals surface area contributed by atoms with Gasteiger partial charge in [-0.05, 0) is 6.26 Å². The third-order valence-corrected chi connectivity index (χ3v) is 2.19. The summed E-state index contributed by atoms with van der Waals surface area (Å²) in [6.45, 7) is 6.07. The van der Waals surface area contributed by atoms with E-state index in [0.717, 1.165) is 17.5 Å². The Morgan fingerprint density at radius 1 is 1.54 bits per heavy atom. The molecule has 0 N–H and O–H groups in total. The second kappa shape index (κ2) is 3.49. The molecule has 1 heterocycles. The largest absolute Gasteiger partial charge is 0.307 e. The van der Waals surface area contributed by atoms with Crippen molar-refractivity contribution in [1.82, 2.24) is 15.0 Å². The van der Waals surface area contributed by atoms with Crippen LogP contribution in [0.15, 0.2) is 6.20 Å². The smallest absolute Gasteiger partial charge is 0.259 e. The Morgan fingerprint density at radius 3 is 2.62 bits per heavy atom. The molecule has 0 saturated heterocycles. The fourth-order valence-corrected chi connectivity index (χ4v) is 1.28. The van der Waals surface area contributed by atoms with Crippen LogP contribution in [0.3, 0.4) is 0 Å². The molecule has 1 rings (SSSR count). The van der Waals surface area contributed by atoms with E-state index in [-0.39, 0.29) is 10.7 Å². The maximum absolute atomic E-state index is 11.4. The average Bonchev–Trinajstić information content (AvgIpc) is 2.49. The predicted molar refractivity (Wildman–Crippen MR) is 53.0 cm³/mol. The van der Waals surface area contributed by atoms with Crippen LogP contribution in [0.4, 0.5) is 4.79 Å². The number of rotatable bonds is 0. The zero-order valence-electron chi connectivity index (χ0n) is 8.24. The molecule has 5 heteroatoms. The van der Waals surface area contributed by atoms with Gasteiger partial charge in [0.1, 0.15) is 0 Å². The lowest BCUT2D eigenvalue weighted by molar-refractivity contribution is 0.257. The Labute approximate surface area is 81.7 Å². The topological polar surface area (TPSA) is 47.8 Å². The number of carbonyl (C=O) groups is 1. The molecule has 0 atom stereocenters. The molecule has 0 fully saturated rings. The van der Waals surface area contributed by atoms with Gasteiger partial charge in [0, 0.05) is 5.41 Å². The molecule has 0 aromatic carbocycles. The van der Waals surface area contributed by atoms with E-state index < -0.39 is 0 Å². The van der Waals surface area contributed by atoms with Crippen LogP contribution in [0, 0.1) is 0 Å². The molecule has 0 aliphatic heterocycles. The Morgan fingerprint density at radius 2 is 2.15 bits per heavy atom. The number of hydrogen-bond donors (Lipinski definition) is 0. The fourth-order valence-electron chi connectivity index (χ4n) is 0.968. The molecule has 0 saturated carbocycles. The zero-order chi connectivity index (χ0) is 10.1. The van der Waals surface area contributed by atoms with Crippen LogP contribution in [0.2, 0.25) is 0 Å². The van der Waals surface area contributed by atoms with Crippen LogP contribution in [-0.4, -0.2) is 26.5 Å². The molecular weight excluding hydrogens is 186 g/mol. The lowest BCUT2D eigenvalue weighted by Gasteiger charge is -2.17. The second-order valence-electron chi connectivity index (χ2n) is 3.75. The Balaban J connectivity index is 3.10. The van der Waals surface area contributed by atoms with Crippen LogP contribution < -0.4 is 0 Å². The Hall–Kier alpha value is -0.840. The van der Waals surface area contributed by atoms with Crippen molar-refractivity contribution in [3.63, 3.8) is 0 Å². The van der Waals surface area contributed by atoms with Gasteiger partial charge < -0.3 is 0 Å². The molecule has 0 bridgehead atoms. The standard InChI is InChI=1S/C8H13N3OS/c1-8(2,3)6-5-9-10-11(6)7(12)13-4/h5H,1-4H3. The molecule has 0 amide bonds. The van der Waals surface area contributed by atoms with Crippen molar-refractivity contribution < 1.29 is 4.79 Å². The molecule has 13 heavy (non-hydrogen) atoms. The first-order valence-corrected chi connectivity index (χ1v) is 5.19. The minimum atomic E-state index is -0.102. The van der Waals surface area contributed by atoms with Gasteiger partial charge in [0.15, 0.2) is 0 Å². The number of carbonyl (C=O) groups excluding carboxylic acids is 1. The van der Waals surface area contributed by atoms with E-state index in [4.69, 9.17) is 0 Å². The average molecular weight is 199 g/mol. The van der Waals surface area contributed by atoms with Crippen molar-refractivity contribution in [2.24, 2.45) is 0 Å². The number of thioether (sulfide) groups is 1. The molecule has 0 aliphatic carbocycles. The second-order valence-corrected chi connectivity index (χ2v) is 4.51. The highest BCUT2D eigenvalue weighted by Gasteiger charge is 2.22. The summed E-state index contributed by atoms with van der Waals surface area (Å²) in [7, 11) is 0. The Kier molecular flexibility index (Phi) is 2.75. The van der Waals surface area contributed by atoms with E-state index in [1.54, 1.807) is 12.5 Å². The van der Waals surface area contributed by atoms with E-state index in [0.29, 0.717) is 0 Å². The first-order valence-electron chi connectivity index (χ1n) is 3.96. The summed E-state index contributed by atoms with van der Waals surface area (Å²) in [6, 6.07) is 0. The van der Waals surface area contributed by atoms with Gasteiger partial charge in [-0.3, -0.25) is 4.79 Å². The van der Waals surface area contributed by atoms with Gasteiger partial charge in [-0.2, -0.15) is 4.68 Å². The highest BCUT2D eigenvalue weighted by Crippen LogP contribution is 2.21. The molecule has 72 valence electrons. The van der Waals surface area contributed by atoms with Crippen LogP contribution in [-0.2, 0) is 5.41 Å². The summed E-state index contributed by atoms with van der Waals surface area (Å²) in [5, 5.41) is 7.39. The molecule has 4 nitrogen and oxygen atoms in total. The number of aromatic nitrogens is 3. The summed E-state index contributed by atoms with van der Waals surface area (Å²) >= 11 is 1.13. The maximum atomic E-state index is 11.4. The van der Waals surface area contributed by atoms with E-state index in [1.807, 2.05) is 20.8 Å². The molecule has 0 radical (unpaired) electrons.